The number of amides is 1. The molecule has 1 aliphatic rings. The van der Waals surface area contributed by atoms with Crippen LogP contribution in [-0.2, 0) is 12.2 Å². The average molecular weight is 462 g/mol. The quantitative estimate of drug-likeness (QED) is 0.362. The molecule has 0 radical (unpaired) electrons. The maximum Gasteiger partial charge on any atom is 0.251 e. The van der Waals surface area contributed by atoms with Gasteiger partial charge in [-0.2, -0.15) is 0 Å². The highest BCUT2D eigenvalue weighted by atomic mass is 32.2. The number of hydrogen-bond donors (Lipinski definition) is 1. The largest absolute Gasteiger partial charge is 0.356 e. The van der Waals surface area contributed by atoms with Crippen LogP contribution in [0.4, 0.5) is 5.82 Å². The van der Waals surface area contributed by atoms with E-state index in [1.54, 1.807) is 18.0 Å². The van der Waals surface area contributed by atoms with Crippen LogP contribution in [0.2, 0.25) is 0 Å². The van der Waals surface area contributed by atoms with Crippen LogP contribution >= 0.6 is 11.8 Å². The second-order valence-corrected chi connectivity index (χ2v) is 9.54. The molecular formula is C26H31N5OS. The number of benzene rings is 1. The minimum atomic E-state index is -0.0628. The lowest BCUT2D eigenvalue weighted by Gasteiger charge is -2.18. The lowest BCUT2D eigenvalue weighted by molar-refractivity contribution is 0.0954. The lowest BCUT2D eigenvalue weighted by atomic mass is 10.1. The average Bonchev–Trinajstić information content (AvgIpc) is 3.38. The Kier molecular flexibility index (Phi) is 7.94. The third-order valence-electron chi connectivity index (χ3n) is 5.68. The first-order chi connectivity index (χ1) is 16.1. The van der Waals surface area contributed by atoms with Crippen LogP contribution in [0.3, 0.4) is 0 Å². The molecule has 0 spiro atoms. The standard InChI is InChI=1S/C26H31N5OS/c1-19(2)23-17-24(31-14-5-6-15-31)30-26(29-23)33-18-20-8-7-9-21(16-20)25(32)28-13-11-22-10-3-4-12-27-22/h3-4,7-10,12,16-17,19H,5-6,11,13-15,18H2,1-2H3,(H,28,32). The molecule has 0 saturated carbocycles. The van der Waals surface area contributed by atoms with E-state index in [2.05, 4.69) is 35.1 Å². The molecule has 3 heterocycles. The van der Waals surface area contributed by atoms with Crippen LogP contribution in [0, 0.1) is 0 Å². The van der Waals surface area contributed by atoms with Crippen molar-refractivity contribution in [2.75, 3.05) is 24.5 Å². The number of carbonyl (C=O) groups excluding carboxylic acids is 1. The van der Waals surface area contributed by atoms with Gasteiger partial charge in [-0.1, -0.05) is 43.8 Å². The monoisotopic (exact) mass is 461 g/mol. The lowest BCUT2D eigenvalue weighted by Crippen LogP contribution is -2.25. The Bertz CT molecular complexity index is 1070. The van der Waals surface area contributed by atoms with E-state index in [4.69, 9.17) is 9.97 Å². The van der Waals surface area contributed by atoms with Gasteiger partial charge < -0.3 is 10.2 Å². The van der Waals surface area contributed by atoms with Crippen LogP contribution in [-0.4, -0.2) is 40.5 Å². The summed E-state index contributed by atoms with van der Waals surface area (Å²) in [7, 11) is 0. The highest BCUT2D eigenvalue weighted by molar-refractivity contribution is 7.98. The van der Waals surface area contributed by atoms with Gasteiger partial charge in [-0.05, 0) is 48.6 Å². The van der Waals surface area contributed by atoms with Crippen molar-refractivity contribution in [3.05, 3.63) is 77.2 Å². The number of aromatic nitrogens is 3. The Hall–Kier alpha value is -2.93. The molecule has 1 aromatic carbocycles. The van der Waals surface area contributed by atoms with Gasteiger partial charge in [0, 0.05) is 61.0 Å². The van der Waals surface area contributed by atoms with Crippen LogP contribution in [0.25, 0.3) is 0 Å². The smallest absolute Gasteiger partial charge is 0.251 e. The fraction of sp³-hybridized carbons (Fsp3) is 0.385. The van der Waals surface area contributed by atoms with E-state index < -0.39 is 0 Å². The summed E-state index contributed by atoms with van der Waals surface area (Å²) in [5.41, 5.74) is 3.80. The van der Waals surface area contributed by atoms with Crippen molar-refractivity contribution in [1.82, 2.24) is 20.3 Å². The summed E-state index contributed by atoms with van der Waals surface area (Å²) in [6.07, 6.45) is 4.93. The number of carbonyl (C=O) groups is 1. The molecule has 0 atom stereocenters. The molecule has 4 rings (SSSR count). The zero-order valence-electron chi connectivity index (χ0n) is 19.3. The first-order valence-corrected chi connectivity index (χ1v) is 12.6. The van der Waals surface area contributed by atoms with Crippen LogP contribution in [0.5, 0.6) is 0 Å². The Balaban J connectivity index is 1.37. The van der Waals surface area contributed by atoms with Crippen LogP contribution in [0.15, 0.2) is 59.9 Å². The van der Waals surface area contributed by atoms with E-state index in [-0.39, 0.29) is 5.91 Å². The Morgan fingerprint density at radius 1 is 1.09 bits per heavy atom. The summed E-state index contributed by atoms with van der Waals surface area (Å²) < 4.78 is 0. The van der Waals surface area contributed by atoms with E-state index in [1.165, 1.54) is 12.8 Å². The summed E-state index contributed by atoms with van der Waals surface area (Å²) in [6.45, 7) is 7.02. The normalized spacial score (nSPS) is 13.5. The molecule has 0 unspecified atom stereocenters. The molecule has 0 bridgehead atoms. The van der Waals surface area contributed by atoms with Gasteiger partial charge in [0.25, 0.3) is 5.91 Å². The second-order valence-electron chi connectivity index (χ2n) is 8.60. The summed E-state index contributed by atoms with van der Waals surface area (Å²) in [4.78, 5) is 28.9. The van der Waals surface area contributed by atoms with Crippen molar-refractivity contribution >= 4 is 23.5 Å². The first kappa shape index (κ1) is 23.2. The maximum atomic E-state index is 12.6. The summed E-state index contributed by atoms with van der Waals surface area (Å²) in [5.74, 6) is 2.05. The summed E-state index contributed by atoms with van der Waals surface area (Å²) in [6, 6.07) is 15.7. The van der Waals surface area contributed by atoms with Crippen molar-refractivity contribution in [2.24, 2.45) is 0 Å². The van der Waals surface area contributed by atoms with E-state index in [9.17, 15) is 4.79 Å². The van der Waals surface area contributed by atoms with Gasteiger partial charge in [0.15, 0.2) is 5.16 Å². The number of anilines is 1. The Labute approximate surface area is 200 Å². The fourth-order valence-corrected chi connectivity index (χ4v) is 4.60. The number of nitrogens with one attached hydrogen (secondary N) is 1. The number of thioether (sulfide) groups is 1. The van der Waals surface area contributed by atoms with Gasteiger partial charge in [-0.15, -0.1) is 0 Å². The molecule has 6 nitrogen and oxygen atoms in total. The third-order valence-corrected chi connectivity index (χ3v) is 6.60. The molecule has 7 heteroatoms. The predicted molar refractivity (Wildman–Crippen MR) is 134 cm³/mol. The molecule has 33 heavy (non-hydrogen) atoms. The van der Waals surface area contributed by atoms with Crippen molar-refractivity contribution in [3.8, 4) is 0 Å². The van der Waals surface area contributed by atoms with Gasteiger partial charge in [0.2, 0.25) is 0 Å². The fourth-order valence-electron chi connectivity index (χ4n) is 3.80. The van der Waals surface area contributed by atoms with Crippen LogP contribution in [0.1, 0.15) is 59.9 Å². The van der Waals surface area contributed by atoms with E-state index in [1.807, 2.05) is 42.5 Å². The van der Waals surface area contributed by atoms with E-state index in [0.717, 1.165) is 46.8 Å². The van der Waals surface area contributed by atoms with Gasteiger partial charge in [-0.3, -0.25) is 9.78 Å². The van der Waals surface area contributed by atoms with E-state index >= 15 is 0 Å². The molecule has 172 valence electrons. The summed E-state index contributed by atoms with van der Waals surface area (Å²) in [5, 5.41) is 3.79. The number of rotatable bonds is 9. The SMILES string of the molecule is CC(C)c1cc(N2CCCC2)nc(SCc2cccc(C(=O)NCCc3ccccn3)c2)n1. The summed E-state index contributed by atoms with van der Waals surface area (Å²) >= 11 is 1.62. The molecule has 2 aromatic heterocycles. The van der Waals surface area contributed by atoms with Crippen molar-refractivity contribution in [2.45, 2.75) is 49.9 Å². The molecule has 3 aromatic rings. The molecule has 1 aliphatic heterocycles. The first-order valence-electron chi connectivity index (χ1n) is 11.6. The van der Waals surface area contributed by atoms with Crippen molar-refractivity contribution in [1.29, 1.82) is 0 Å². The van der Waals surface area contributed by atoms with E-state index in [0.29, 0.717) is 24.4 Å². The molecule has 1 saturated heterocycles. The highest BCUT2D eigenvalue weighted by Gasteiger charge is 2.17. The van der Waals surface area contributed by atoms with Crippen LogP contribution < -0.4 is 10.2 Å². The molecule has 1 N–H and O–H groups in total. The maximum absolute atomic E-state index is 12.6. The zero-order chi connectivity index (χ0) is 23.0. The van der Waals surface area contributed by atoms with Gasteiger partial charge in [0.05, 0.1) is 0 Å². The number of nitrogens with zero attached hydrogens (tertiary/aromatic N) is 4. The predicted octanol–water partition coefficient (Wildman–Crippen LogP) is 4.86. The Morgan fingerprint density at radius 2 is 1.94 bits per heavy atom. The second kappa shape index (κ2) is 11.3. The van der Waals surface area contributed by atoms with Gasteiger partial charge in [0.1, 0.15) is 5.82 Å². The third kappa shape index (κ3) is 6.54. The Morgan fingerprint density at radius 3 is 2.70 bits per heavy atom. The van der Waals surface area contributed by atoms with Crippen molar-refractivity contribution < 1.29 is 4.79 Å². The minimum Gasteiger partial charge on any atom is -0.356 e. The highest BCUT2D eigenvalue weighted by Crippen LogP contribution is 2.27. The topological polar surface area (TPSA) is 71.0 Å². The number of hydrogen-bond acceptors (Lipinski definition) is 6. The van der Waals surface area contributed by atoms with Gasteiger partial charge >= 0.3 is 0 Å². The molecule has 1 amide bonds. The molecular weight excluding hydrogens is 430 g/mol. The van der Waals surface area contributed by atoms with Crippen molar-refractivity contribution in [3.63, 3.8) is 0 Å². The minimum absolute atomic E-state index is 0.0628. The molecule has 0 aliphatic carbocycles. The number of pyridine rings is 1. The zero-order valence-corrected chi connectivity index (χ0v) is 20.1. The molecule has 1 fully saturated rings. The van der Waals surface area contributed by atoms with Gasteiger partial charge in [-0.25, -0.2) is 9.97 Å².